The molecule has 1 heterocycles. The third-order valence-corrected chi connectivity index (χ3v) is 5.29. The van der Waals surface area contributed by atoms with E-state index in [1.807, 2.05) is 0 Å². The van der Waals surface area contributed by atoms with E-state index in [-0.39, 0.29) is 5.41 Å². The Morgan fingerprint density at radius 3 is 2.22 bits per heavy atom. The number of aryl methyl sites for hydroxylation is 1. The standard InChI is InChI=1S/C21H25NO/c1-17-8-6-7-11-20(17)21(18(2)23)12-14-22(15-13-21)16-19-9-4-3-5-10-19/h3-11H,12-16H2,1-2H3. The molecule has 120 valence electrons. The monoisotopic (exact) mass is 307 g/mol. The van der Waals surface area contributed by atoms with Crippen LogP contribution in [0.4, 0.5) is 0 Å². The molecule has 0 atom stereocenters. The van der Waals surface area contributed by atoms with Crippen molar-refractivity contribution in [2.45, 2.75) is 38.6 Å². The van der Waals surface area contributed by atoms with Crippen molar-refractivity contribution in [3.8, 4) is 0 Å². The molecular weight excluding hydrogens is 282 g/mol. The summed E-state index contributed by atoms with van der Waals surface area (Å²) in [6.07, 6.45) is 1.83. The smallest absolute Gasteiger partial charge is 0.140 e. The number of nitrogens with zero attached hydrogens (tertiary/aromatic N) is 1. The van der Waals surface area contributed by atoms with Gasteiger partial charge in [0.05, 0.1) is 5.41 Å². The first-order valence-electron chi connectivity index (χ1n) is 8.45. The Morgan fingerprint density at radius 2 is 1.61 bits per heavy atom. The summed E-state index contributed by atoms with van der Waals surface area (Å²) in [5.74, 6) is 0.311. The van der Waals surface area contributed by atoms with Crippen molar-refractivity contribution in [2.24, 2.45) is 0 Å². The molecule has 1 aliphatic rings. The maximum atomic E-state index is 12.5. The summed E-state index contributed by atoms with van der Waals surface area (Å²) in [7, 11) is 0. The zero-order valence-electron chi connectivity index (χ0n) is 14.1. The quantitative estimate of drug-likeness (QED) is 0.847. The second-order valence-electron chi connectivity index (χ2n) is 6.71. The maximum absolute atomic E-state index is 12.5. The number of hydrogen-bond acceptors (Lipinski definition) is 2. The van der Waals surface area contributed by atoms with Gasteiger partial charge in [-0.15, -0.1) is 0 Å². The minimum absolute atomic E-state index is 0.293. The van der Waals surface area contributed by atoms with Crippen molar-refractivity contribution in [3.05, 3.63) is 71.3 Å². The van der Waals surface area contributed by atoms with E-state index in [9.17, 15) is 4.79 Å². The molecule has 0 saturated carbocycles. The van der Waals surface area contributed by atoms with Crippen LogP contribution in [0.15, 0.2) is 54.6 Å². The van der Waals surface area contributed by atoms with E-state index in [2.05, 4.69) is 66.4 Å². The van der Waals surface area contributed by atoms with Crippen molar-refractivity contribution in [1.29, 1.82) is 0 Å². The Bertz CT molecular complexity index is 669. The van der Waals surface area contributed by atoms with Gasteiger partial charge in [-0.1, -0.05) is 54.6 Å². The summed E-state index contributed by atoms with van der Waals surface area (Å²) in [6, 6.07) is 19.0. The van der Waals surface area contributed by atoms with Gasteiger partial charge in [-0.25, -0.2) is 0 Å². The predicted octanol–water partition coefficient (Wildman–Crippen LogP) is 4.12. The zero-order chi connectivity index (χ0) is 16.3. The number of likely N-dealkylation sites (tertiary alicyclic amines) is 1. The molecule has 0 spiro atoms. The molecule has 0 N–H and O–H groups in total. The molecule has 23 heavy (non-hydrogen) atoms. The molecule has 0 aliphatic carbocycles. The van der Waals surface area contributed by atoms with Gasteiger partial charge in [0, 0.05) is 6.54 Å². The molecule has 1 aliphatic heterocycles. The zero-order valence-corrected chi connectivity index (χ0v) is 14.1. The summed E-state index contributed by atoms with van der Waals surface area (Å²) in [5, 5.41) is 0. The van der Waals surface area contributed by atoms with Crippen LogP contribution in [0.1, 0.15) is 36.5 Å². The fourth-order valence-electron chi connectivity index (χ4n) is 3.86. The third kappa shape index (κ3) is 3.23. The van der Waals surface area contributed by atoms with E-state index in [1.165, 1.54) is 16.7 Å². The molecule has 2 aromatic carbocycles. The van der Waals surface area contributed by atoms with Crippen molar-refractivity contribution in [2.75, 3.05) is 13.1 Å². The average Bonchev–Trinajstić information content (AvgIpc) is 2.57. The van der Waals surface area contributed by atoms with Gasteiger partial charge in [-0.3, -0.25) is 9.69 Å². The molecule has 1 saturated heterocycles. The van der Waals surface area contributed by atoms with Gasteiger partial charge in [0.25, 0.3) is 0 Å². The number of carbonyl (C=O) groups excluding carboxylic acids is 1. The van der Waals surface area contributed by atoms with Crippen molar-refractivity contribution in [1.82, 2.24) is 4.90 Å². The highest BCUT2D eigenvalue weighted by atomic mass is 16.1. The van der Waals surface area contributed by atoms with E-state index in [1.54, 1.807) is 6.92 Å². The molecule has 2 nitrogen and oxygen atoms in total. The highest BCUT2D eigenvalue weighted by molar-refractivity contribution is 5.88. The number of piperidine rings is 1. The summed E-state index contributed by atoms with van der Waals surface area (Å²) < 4.78 is 0. The highest BCUT2D eigenvalue weighted by Crippen LogP contribution is 2.38. The third-order valence-electron chi connectivity index (χ3n) is 5.29. The molecule has 1 fully saturated rings. The van der Waals surface area contributed by atoms with Crippen LogP contribution in [0, 0.1) is 6.92 Å². The van der Waals surface area contributed by atoms with Gasteiger partial charge < -0.3 is 0 Å². The number of Topliss-reactive ketones (excluding diaryl/α,β-unsaturated/α-hetero) is 1. The molecule has 0 unspecified atom stereocenters. The summed E-state index contributed by atoms with van der Waals surface area (Å²) in [5.41, 5.74) is 3.52. The maximum Gasteiger partial charge on any atom is 0.140 e. The molecule has 0 bridgehead atoms. The van der Waals surface area contributed by atoms with Crippen LogP contribution in [0.25, 0.3) is 0 Å². The van der Waals surface area contributed by atoms with Crippen molar-refractivity contribution in [3.63, 3.8) is 0 Å². The topological polar surface area (TPSA) is 20.3 Å². The molecule has 0 radical (unpaired) electrons. The van der Waals surface area contributed by atoms with Crippen LogP contribution in [0.5, 0.6) is 0 Å². The second-order valence-corrected chi connectivity index (χ2v) is 6.71. The second kappa shape index (κ2) is 6.67. The fourth-order valence-corrected chi connectivity index (χ4v) is 3.86. The first kappa shape index (κ1) is 15.9. The Labute approximate surface area is 139 Å². The van der Waals surface area contributed by atoms with Gasteiger partial charge in [0.1, 0.15) is 5.78 Å². The lowest BCUT2D eigenvalue weighted by Gasteiger charge is -2.41. The molecular formula is C21H25NO. The Morgan fingerprint density at radius 1 is 1.00 bits per heavy atom. The number of ketones is 1. The first-order valence-corrected chi connectivity index (χ1v) is 8.45. The number of benzene rings is 2. The van der Waals surface area contributed by atoms with Gasteiger partial charge in [0.15, 0.2) is 0 Å². The fraction of sp³-hybridized carbons (Fsp3) is 0.381. The molecule has 0 amide bonds. The number of carbonyl (C=O) groups is 1. The van der Waals surface area contributed by atoms with E-state index in [4.69, 9.17) is 0 Å². The van der Waals surface area contributed by atoms with E-state index >= 15 is 0 Å². The van der Waals surface area contributed by atoms with Crippen LogP contribution < -0.4 is 0 Å². The molecule has 2 aromatic rings. The largest absolute Gasteiger partial charge is 0.299 e. The van der Waals surface area contributed by atoms with Crippen LogP contribution >= 0.6 is 0 Å². The normalized spacial score (nSPS) is 17.8. The van der Waals surface area contributed by atoms with Gasteiger partial charge in [0.2, 0.25) is 0 Å². The number of hydrogen-bond donors (Lipinski definition) is 0. The van der Waals surface area contributed by atoms with Crippen molar-refractivity contribution >= 4 is 5.78 Å². The Hall–Kier alpha value is -1.93. The van der Waals surface area contributed by atoms with Gasteiger partial charge in [-0.2, -0.15) is 0 Å². The summed E-state index contributed by atoms with van der Waals surface area (Å²) >= 11 is 0. The first-order chi connectivity index (χ1) is 11.1. The van der Waals surface area contributed by atoms with E-state index in [0.717, 1.165) is 32.5 Å². The summed E-state index contributed by atoms with van der Waals surface area (Å²) in [6.45, 7) is 6.81. The van der Waals surface area contributed by atoms with Gasteiger partial charge in [-0.05, 0) is 56.5 Å². The highest BCUT2D eigenvalue weighted by Gasteiger charge is 2.41. The van der Waals surface area contributed by atoms with Crippen LogP contribution in [0.2, 0.25) is 0 Å². The predicted molar refractivity (Wildman–Crippen MR) is 94.5 cm³/mol. The lowest BCUT2D eigenvalue weighted by atomic mass is 9.69. The molecule has 3 rings (SSSR count). The SMILES string of the molecule is CC(=O)C1(c2ccccc2C)CCN(Cc2ccccc2)CC1. The summed E-state index contributed by atoms with van der Waals surface area (Å²) in [4.78, 5) is 15.0. The van der Waals surface area contributed by atoms with E-state index in [0.29, 0.717) is 5.78 Å². The van der Waals surface area contributed by atoms with Gasteiger partial charge >= 0.3 is 0 Å². The van der Waals surface area contributed by atoms with Crippen LogP contribution in [0.3, 0.4) is 0 Å². The van der Waals surface area contributed by atoms with E-state index < -0.39 is 0 Å². The minimum Gasteiger partial charge on any atom is -0.299 e. The lowest BCUT2D eigenvalue weighted by molar-refractivity contribution is -0.124. The lowest BCUT2D eigenvalue weighted by Crippen LogP contribution is -2.46. The Balaban J connectivity index is 1.77. The van der Waals surface area contributed by atoms with Crippen LogP contribution in [-0.2, 0) is 16.8 Å². The molecule has 2 heteroatoms. The minimum atomic E-state index is -0.293. The Kier molecular flexibility index (Phi) is 4.63. The van der Waals surface area contributed by atoms with Crippen LogP contribution in [-0.4, -0.2) is 23.8 Å². The average molecular weight is 307 g/mol. The van der Waals surface area contributed by atoms with Crippen molar-refractivity contribution < 1.29 is 4.79 Å². The number of rotatable bonds is 4. The molecule has 0 aromatic heterocycles.